The first-order chi connectivity index (χ1) is 12.5. The predicted molar refractivity (Wildman–Crippen MR) is 103 cm³/mol. The molecule has 0 unspecified atom stereocenters. The fraction of sp³-hybridized carbons (Fsp3) is 0.333. The van der Waals surface area contributed by atoms with Crippen molar-refractivity contribution in [1.82, 2.24) is 0 Å². The lowest BCUT2D eigenvalue weighted by atomic mass is 10.0. The number of amides is 2. The Hall–Kier alpha value is -2.66. The lowest BCUT2D eigenvalue weighted by molar-refractivity contribution is -0.122. The standard InChI is InChI=1S/C21H24N2O3/c1-14-6-7-17(11-15(14)2)21(25)22-18-8-9-19-16(12-18)5-4-10-23(19)20(24)13-26-3/h6-9,11-12H,4-5,10,13H2,1-3H3,(H,22,25). The van der Waals surface area contributed by atoms with Crippen LogP contribution >= 0.6 is 0 Å². The van der Waals surface area contributed by atoms with Crippen molar-refractivity contribution in [2.75, 3.05) is 30.5 Å². The fourth-order valence-electron chi connectivity index (χ4n) is 3.22. The predicted octanol–water partition coefficient (Wildman–Crippen LogP) is 3.48. The highest BCUT2D eigenvalue weighted by atomic mass is 16.5. The number of carbonyl (C=O) groups is 2. The summed E-state index contributed by atoms with van der Waals surface area (Å²) in [6, 6.07) is 11.4. The molecule has 0 saturated carbocycles. The summed E-state index contributed by atoms with van der Waals surface area (Å²) in [7, 11) is 1.52. The third-order valence-corrected chi connectivity index (χ3v) is 4.79. The summed E-state index contributed by atoms with van der Waals surface area (Å²) < 4.78 is 4.97. The van der Waals surface area contributed by atoms with Gasteiger partial charge in [0.05, 0.1) is 0 Å². The number of rotatable bonds is 4. The number of benzene rings is 2. The van der Waals surface area contributed by atoms with Crippen molar-refractivity contribution in [2.24, 2.45) is 0 Å². The van der Waals surface area contributed by atoms with Crippen LogP contribution < -0.4 is 10.2 Å². The Labute approximate surface area is 154 Å². The van der Waals surface area contributed by atoms with Gasteiger partial charge in [-0.15, -0.1) is 0 Å². The molecular weight excluding hydrogens is 328 g/mol. The molecule has 0 saturated heterocycles. The summed E-state index contributed by atoms with van der Waals surface area (Å²) in [5, 5.41) is 2.96. The van der Waals surface area contributed by atoms with Crippen LogP contribution in [0.4, 0.5) is 11.4 Å². The molecule has 2 aromatic rings. The van der Waals surface area contributed by atoms with E-state index in [1.807, 2.05) is 50.2 Å². The number of aryl methyl sites for hydroxylation is 3. The molecule has 5 nitrogen and oxygen atoms in total. The molecule has 1 aliphatic heterocycles. The summed E-state index contributed by atoms with van der Waals surface area (Å²) in [6.07, 6.45) is 1.79. The van der Waals surface area contributed by atoms with Crippen LogP contribution in [0.1, 0.15) is 33.5 Å². The Morgan fingerprint density at radius 1 is 1.12 bits per heavy atom. The van der Waals surface area contributed by atoms with Crippen LogP contribution in [0.25, 0.3) is 0 Å². The molecular formula is C21H24N2O3. The van der Waals surface area contributed by atoms with Gasteiger partial charge in [0.25, 0.3) is 11.8 Å². The van der Waals surface area contributed by atoms with Crippen LogP contribution in [0.15, 0.2) is 36.4 Å². The van der Waals surface area contributed by atoms with Crippen molar-refractivity contribution in [1.29, 1.82) is 0 Å². The second kappa shape index (κ2) is 7.70. The highest BCUT2D eigenvalue weighted by Crippen LogP contribution is 2.30. The lowest BCUT2D eigenvalue weighted by Gasteiger charge is -2.29. The second-order valence-electron chi connectivity index (χ2n) is 6.68. The van der Waals surface area contributed by atoms with Crippen LogP contribution in [0, 0.1) is 13.8 Å². The number of hydrogen-bond donors (Lipinski definition) is 1. The van der Waals surface area contributed by atoms with E-state index < -0.39 is 0 Å². The van der Waals surface area contributed by atoms with Crippen molar-refractivity contribution in [3.05, 3.63) is 58.7 Å². The number of nitrogens with one attached hydrogen (secondary N) is 1. The van der Waals surface area contributed by atoms with Gasteiger partial charge in [0.1, 0.15) is 6.61 Å². The van der Waals surface area contributed by atoms with Gasteiger partial charge in [-0.05, 0) is 73.7 Å². The highest BCUT2D eigenvalue weighted by molar-refractivity contribution is 6.04. The molecule has 0 spiro atoms. The smallest absolute Gasteiger partial charge is 0.255 e. The molecule has 0 bridgehead atoms. The SMILES string of the molecule is COCC(=O)N1CCCc2cc(NC(=O)c3ccc(C)c(C)c3)ccc21. The van der Waals surface area contributed by atoms with E-state index in [1.165, 1.54) is 7.11 Å². The summed E-state index contributed by atoms with van der Waals surface area (Å²) >= 11 is 0. The Morgan fingerprint density at radius 2 is 1.92 bits per heavy atom. The molecule has 0 aromatic heterocycles. The van der Waals surface area contributed by atoms with Crippen LogP contribution in [0.2, 0.25) is 0 Å². The molecule has 3 rings (SSSR count). The van der Waals surface area contributed by atoms with Gasteiger partial charge in [0.2, 0.25) is 0 Å². The number of anilines is 2. The van der Waals surface area contributed by atoms with Crippen LogP contribution in [-0.4, -0.2) is 32.1 Å². The largest absolute Gasteiger partial charge is 0.375 e. The number of nitrogens with zero attached hydrogens (tertiary/aromatic N) is 1. The Bertz CT molecular complexity index is 845. The third-order valence-electron chi connectivity index (χ3n) is 4.79. The average molecular weight is 352 g/mol. The normalized spacial score (nSPS) is 13.3. The summed E-state index contributed by atoms with van der Waals surface area (Å²) in [4.78, 5) is 26.5. The molecule has 26 heavy (non-hydrogen) atoms. The Kier molecular flexibility index (Phi) is 5.38. The topological polar surface area (TPSA) is 58.6 Å². The van der Waals surface area contributed by atoms with Gasteiger partial charge in [0, 0.05) is 30.6 Å². The molecule has 1 heterocycles. The highest BCUT2D eigenvalue weighted by Gasteiger charge is 2.22. The van der Waals surface area contributed by atoms with Crippen molar-refractivity contribution in [2.45, 2.75) is 26.7 Å². The molecule has 0 fully saturated rings. The van der Waals surface area contributed by atoms with Gasteiger partial charge < -0.3 is 15.0 Å². The van der Waals surface area contributed by atoms with Gasteiger partial charge in [0.15, 0.2) is 0 Å². The van der Waals surface area contributed by atoms with Crippen molar-refractivity contribution >= 4 is 23.2 Å². The molecule has 136 valence electrons. The number of hydrogen-bond acceptors (Lipinski definition) is 3. The number of carbonyl (C=O) groups excluding carboxylic acids is 2. The number of fused-ring (bicyclic) bond motifs is 1. The van der Waals surface area contributed by atoms with Crippen LogP contribution in [-0.2, 0) is 16.0 Å². The van der Waals surface area contributed by atoms with E-state index in [0.29, 0.717) is 12.1 Å². The maximum atomic E-state index is 12.5. The molecule has 5 heteroatoms. The van der Waals surface area contributed by atoms with E-state index >= 15 is 0 Å². The van der Waals surface area contributed by atoms with E-state index in [9.17, 15) is 9.59 Å². The van der Waals surface area contributed by atoms with E-state index in [4.69, 9.17) is 4.74 Å². The van der Waals surface area contributed by atoms with E-state index in [0.717, 1.165) is 40.9 Å². The van der Waals surface area contributed by atoms with Crippen molar-refractivity contribution in [3.63, 3.8) is 0 Å². The van der Waals surface area contributed by atoms with E-state index in [2.05, 4.69) is 5.32 Å². The minimum atomic E-state index is -0.129. The second-order valence-corrected chi connectivity index (χ2v) is 6.68. The zero-order chi connectivity index (χ0) is 18.7. The van der Waals surface area contributed by atoms with Crippen molar-refractivity contribution in [3.8, 4) is 0 Å². The van der Waals surface area contributed by atoms with Gasteiger partial charge in [-0.3, -0.25) is 9.59 Å². The maximum Gasteiger partial charge on any atom is 0.255 e. The Morgan fingerprint density at radius 3 is 2.65 bits per heavy atom. The molecule has 0 atom stereocenters. The molecule has 1 N–H and O–H groups in total. The first-order valence-electron chi connectivity index (χ1n) is 8.80. The van der Waals surface area contributed by atoms with Gasteiger partial charge in [-0.2, -0.15) is 0 Å². The maximum absolute atomic E-state index is 12.5. The van der Waals surface area contributed by atoms with E-state index in [-0.39, 0.29) is 18.4 Å². The summed E-state index contributed by atoms with van der Waals surface area (Å²) in [5.74, 6) is -0.170. The zero-order valence-electron chi connectivity index (χ0n) is 15.5. The zero-order valence-corrected chi connectivity index (χ0v) is 15.5. The molecule has 2 amide bonds. The van der Waals surface area contributed by atoms with E-state index in [1.54, 1.807) is 4.90 Å². The minimum absolute atomic E-state index is 0.0413. The monoisotopic (exact) mass is 352 g/mol. The first-order valence-corrected chi connectivity index (χ1v) is 8.80. The molecule has 1 aliphatic rings. The molecule has 0 aliphatic carbocycles. The van der Waals surface area contributed by atoms with Gasteiger partial charge in [-0.1, -0.05) is 6.07 Å². The van der Waals surface area contributed by atoms with Crippen LogP contribution in [0.3, 0.4) is 0 Å². The van der Waals surface area contributed by atoms with Crippen molar-refractivity contribution < 1.29 is 14.3 Å². The summed E-state index contributed by atoms with van der Waals surface area (Å²) in [5.41, 5.74) is 5.61. The number of methoxy groups -OCH3 is 1. The average Bonchev–Trinajstić information content (AvgIpc) is 2.63. The van der Waals surface area contributed by atoms with Gasteiger partial charge >= 0.3 is 0 Å². The lowest BCUT2D eigenvalue weighted by Crippen LogP contribution is -2.37. The third kappa shape index (κ3) is 3.78. The molecule has 2 aromatic carbocycles. The fourth-order valence-corrected chi connectivity index (χ4v) is 3.22. The Balaban J connectivity index is 1.79. The first kappa shape index (κ1) is 18.1. The minimum Gasteiger partial charge on any atom is -0.375 e. The summed E-state index contributed by atoms with van der Waals surface area (Å²) in [6.45, 7) is 4.79. The number of ether oxygens (including phenoxy) is 1. The van der Waals surface area contributed by atoms with Crippen LogP contribution in [0.5, 0.6) is 0 Å². The van der Waals surface area contributed by atoms with Gasteiger partial charge in [-0.25, -0.2) is 0 Å². The quantitative estimate of drug-likeness (QED) is 0.916. The molecule has 0 radical (unpaired) electrons.